The lowest BCUT2D eigenvalue weighted by atomic mass is 9.81. The molecule has 1 aliphatic carbocycles. The maximum absolute atomic E-state index is 12.9. The van der Waals surface area contributed by atoms with Gasteiger partial charge in [-0.15, -0.1) is 0 Å². The molecule has 0 saturated heterocycles. The lowest BCUT2D eigenvalue weighted by Crippen LogP contribution is -2.47. The molecular weight excluding hydrogens is 317 g/mol. The van der Waals surface area contributed by atoms with Crippen molar-refractivity contribution in [1.82, 2.24) is 5.32 Å². The van der Waals surface area contributed by atoms with Crippen LogP contribution in [0, 0.1) is 5.41 Å². The first-order valence-electron chi connectivity index (χ1n) is 8.39. The largest absolute Gasteiger partial charge is 0.416 e. The normalized spacial score (nSPS) is 16.8. The molecule has 0 heterocycles. The average molecular weight is 342 g/mol. The monoisotopic (exact) mass is 342 g/mol. The van der Waals surface area contributed by atoms with E-state index in [-0.39, 0.29) is 17.9 Å². The van der Waals surface area contributed by atoms with Crippen molar-refractivity contribution in [3.8, 4) is 0 Å². The lowest BCUT2D eigenvalue weighted by molar-refractivity contribution is -0.137. The zero-order valence-corrected chi connectivity index (χ0v) is 14.2. The van der Waals surface area contributed by atoms with Crippen LogP contribution in [-0.4, -0.2) is 19.0 Å². The molecule has 1 amide bonds. The van der Waals surface area contributed by atoms with Gasteiger partial charge in [0.25, 0.3) is 0 Å². The van der Waals surface area contributed by atoms with E-state index in [1.807, 2.05) is 13.8 Å². The van der Waals surface area contributed by atoms with Gasteiger partial charge >= 0.3 is 6.18 Å². The van der Waals surface area contributed by atoms with E-state index >= 15 is 0 Å². The van der Waals surface area contributed by atoms with Crippen LogP contribution in [-0.2, 0) is 16.4 Å². The van der Waals surface area contributed by atoms with Crippen LogP contribution < -0.4 is 11.1 Å². The molecule has 0 spiro atoms. The number of carbonyl (C=O) groups is 1. The summed E-state index contributed by atoms with van der Waals surface area (Å²) in [5, 5.41) is 2.94. The molecule has 1 fully saturated rings. The fourth-order valence-electron chi connectivity index (χ4n) is 3.13. The smallest absolute Gasteiger partial charge is 0.355 e. The van der Waals surface area contributed by atoms with Crippen LogP contribution in [0.2, 0.25) is 0 Å². The minimum absolute atomic E-state index is 0.103. The van der Waals surface area contributed by atoms with Crippen LogP contribution in [0.3, 0.4) is 0 Å². The maximum atomic E-state index is 12.9. The average Bonchev–Trinajstić information content (AvgIpc) is 3.36. The summed E-state index contributed by atoms with van der Waals surface area (Å²) in [4.78, 5) is 12.5. The second-order valence-electron chi connectivity index (χ2n) is 6.73. The number of hydrogen-bond donors (Lipinski definition) is 2. The molecule has 24 heavy (non-hydrogen) atoms. The second-order valence-corrected chi connectivity index (χ2v) is 6.73. The van der Waals surface area contributed by atoms with Gasteiger partial charge in [-0.1, -0.05) is 32.0 Å². The molecule has 0 atom stereocenters. The zero-order valence-electron chi connectivity index (χ0n) is 14.2. The summed E-state index contributed by atoms with van der Waals surface area (Å²) >= 11 is 0. The summed E-state index contributed by atoms with van der Waals surface area (Å²) < 4.78 is 38.7. The van der Waals surface area contributed by atoms with E-state index < -0.39 is 17.2 Å². The molecule has 0 aromatic heterocycles. The van der Waals surface area contributed by atoms with E-state index in [4.69, 9.17) is 5.73 Å². The summed E-state index contributed by atoms with van der Waals surface area (Å²) in [5.74, 6) is -0.103. The molecule has 1 aromatic carbocycles. The van der Waals surface area contributed by atoms with Crippen LogP contribution in [0.1, 0.15) is 50.7 Å². The first-order chi connectivity index (χ1) is 11.2. The molecule has 0 aliphatic heterocycles. The van der Waals surface area contributed by atoms with Crippen molar-refractivity contribution in [3.05, 3.63) is 35.4 Å². The Hall–Kier alpha value is -1.56. The van der Waals surface area contributed by atoms with E-state index in [1.54, 1.807) is 6.07 Å². The number of amides is 1. The number of nitrogens with two attached hydrogens (primary N) is 1. The SMILES string of the molecule is CCC(CC)(CN)C(=O)NCC1(c2cccc(C(F)(F)F)c2)CC1. The van der Waals surface area contributed by atoms with Crippen LogP contribution in [0.4, 0.5) is 13.2 Å². The number of alkyl halides is 3. The Morgan fingerprint density at radius 2 is 1.88 bits per heavy atom. The number of benzene rings is 1. The van der Waals surface area contributed by atoms with E-state index in [0.29, 0.717) is 24.9 Å². The fourth-order valence-corrected chi connectivity index (χ4v) is 3.13. The summed E-state index contributed by atoms with van der Waals surface area (Å²) in [5.41, 5.74) is 4.81. The van der Waals surface area contributed by atoms with Crippen molar-refractivity contribution in [2.75, 3.05) is 13.1 Å². The van der Waals surface area contributed by atoms with Crippen LogP contribution >= 0.6 is 0 Å². The Bertz CT molecular complexity index is 582. The van der Waals surface area contributed by atoms with E-state index in [1.165, 1.54) is 12.1 Å². The Morgan fingerprint density at radius 1 is 1.25 bits per heavy atom. The van der Waals surface area contributed by atoms with Crippen LogP contribution in [0.15, 0.2) is 24.3 Å². The molecule has 2 rings (SSSR count). The van der Waals surface area contributed by atoms with Gasteiger partial charge in [0.1, 0.15) is 0 Å². The summed E-state index contributed by atoms with van der Waals surface area (Å²) in [6.07, 6.45) is -1.51. The Morgan fingerprint density at radius 3 is 2.33 bits per heavy atom. The molecule has 1 saturated carbocycles. The van der Waals surface area contributed by atoms with Crippen molar-refractivity contribution in [3.63, 3.8) is 0 Å². The Balaban J connectivity index is 2.12. The van der Waals surface area contributed by atoms with Crippen molar-refractivity contribution in [1.29, 1.82) is 0 Å². The van der Waals surface area contributed by atoms with E-state index in [2.05, 4.69) is 5.32 Å². The van der Waals surface area contributed by atoms with Gasteiger partial charge in [0, 0.05) is 18.5 Å². The van der Waals surface area contributed by atoms with Gasteiger partial charge in [-0.2, -0.15) is 13.2 Å². The maximum Gasteiger partial charge on any atom is 0.416 e. The van der Waals surface area contributed by atoms with Crippen molar-refractivity contribution in [2.24, 2.45) is 11.1 Å². The second kappa shape index (κ2) is 6.75. The summed E-state index contributed by atoms with van der Waals surface area (Å²) in [6, 6.07) is 5.42. The van der Waals surface area contributed by atoms with Crippen molar-refractivity contribution >= 4 is 5.91 Å². The van der Waals surface area contributed by atoms with Crippen LogP contribution in [0.5, 0.6) is 0 Å². The Kier molecular flexibility index (Phi) is 5.28. The summed E-state index contributed by atoms with van der Waals surface area (Å²) in [7, 11) is 0. The third kappa shape index (κ3) is 3.58. The highest BCUT2D eigenvalue weighted by atomic mass is 19.4. The van der Waals surface area contributed by atoms with Crippen molar-refractivity contribution in [2.45, 2.75) is 51.1 Å². The van der Waals surface area contributed by atoms with Gasteiger partial charge in [0.15, 0.2) is 0 Å². The molecule has 6 heteroatoms. The van der Waals surface area contributed by atoms with E-state index in [9.17, 15) is 18.0 Å². The number of rotatable bonds is 7. The minimum Gasteiger partial charge on any atom is -0.355 e. The molecular formula is C18H25F3N2O. The number of carbonyl (C=O) groups excluding carboxylic acids is 1. The van der Waals surface area contributed by atoms with Crippen LogP contribution in [0.25, 0.3) is 0 Å². The predicted molar refractivity (Wildman–Crippen MR) is 87.4 cm³/mol. The standard InChI is InChI=1S/C18H25F3N2O/c1-3-16(4-2,11-22)15(24)23-12-17(8-9-17)13-6-5-7-14(10-13)18(19,20)21/h5-7,10H,3-4,8-9,11-12,22H2,1-2H3,(H,23,24). The fraction of sp³-hybridized carbons (Fsp3) is 0.611. The molecule has 3 N–H and O–H groups in total. The van der Waals surface area contributed by atoms with E-state index in [0.717, 1.165) is 18.9 Å². The molecule has 0 bridgehead atoms. The van der Waals surface area contributed by atoms with Gasteiger partial charge in [0.2, 0.25) is 5.91 Å². The topological polar surface area (TPSA) is 55.1 Å². The van der Waals surface area contributed by atoms with Gasteiger partial charge < -0.3 is 11.1 Å². The van der Waals surface area contributed by atoms with Gasteiger partial charge in [-0.05, 0) is 37.3 Å². The third-order valence-electron chi connectivity index (χ3n) is 5.47. The zero-order chi connectivity index (χ0) is 18.0. The highest BCUT2D eigenvalue weighted by molar-refractivity contribution is 5.83. The predicted octanol–water partition coefficient (Wildman–Crippen LogP) is 3.62. The van der Waals surface area contributed by atoms with Gasteiger partial charge in [-0.25, -0.2) is 0 Å². The summed E-state index contributed by atoms with van der Waals surface area (Å²) in [6.45, 7) is 4.47. The quantitative estimate of drug-likeness (QED) is 0.795. The highest BCUT2D eigenvalue weighted by Crippen LogP contribution is 2.48. The molecule has 0 radical (unpaired) electrons. The molecule has 0 unspecified atom stereocenters. The number of halogens is 3. The number of nitrogens with one attached hydrogen (secondary N) is 1. The first-order valence-corrected chi connectivity index (χ1v) is 8.39. The third-order valence-corrected chi connectivity index (χ3v) is 5.47. The molecule has 134 valence electrons. The molecule has 1 aromatic rings. The van der Waals surface area contributed by atoms with Gasteiger partial charge in [-0.3, -0.25) is 4.79 Å². The highest BCUT2D eigenvalue weighted by Gasteiger charge is 2.46. The first kappa shape index (κ1) is 18.8. The van der Waals surface area contributed by atoms with Crippen molar-refractivity contribution < 1.29 is 18.0 Å². The van der Waals surface area contributed by atoms with Gasteiger partial charge in [0.05, 0.1) is 11.0 Å². The molecule has 3 nitrogen and oxygen atoms in total. The molecule has 1 aliphatic rings. The number of hydrogen-bond acceptors (Lipinski definition) is 2. The Labute approximate surface area is 140 Å². The lowest BCUT2D eigenvalue weighted by Gasteiger charge is -2.30. The minimum atomic E-state index is -4.35.